The number of rotatable bonds is 5. The molecule has 0 bridgehead atoms. The van der Waals surface area contributed by atoms with Gasteiger partial charge in [-0.2, -0.15) is 0 Å². The van der Waals surface area contributed by atoms with Crippen LogP contribution in [0.15, 0.2) is 0 Å². The molecule has 5 heteroatoms. The summed E-state index contributed by atoms with van der Waals surface area (Å²) in [6.07, 6.45) is 3.87. The van der Waals surface area contributed by atoms with Gasteiger partial charge in [0, 0.05) is 12.5 Å². The van der Waals surface area contributed by atoms with Crippen molar-refractivity contribution in [3.63, 3.8) is 0 Å². The number of hydrogen-bond donors (Lipinski definition) is 3. The maximum Gasteiger partial charge on any atom is 0.329 e. The summed E-state index contributed by atoms with van der Waals surface area (Å²) in [5.74, 6) is -1.29. The Morgan fingerprint density at radius 3 is 2.35 bits per heavy atom. The van der Waals surface area contributed by atoms with E-state index in [9.17, 15) is 14.7 Å². The maximum atomic E-state index is 11.9. The Morgan fingerprint density at radius 1 is 1.29 bits per heavy atom. The highest BCUT2D eigenvalue weighted by Gasteiger charge is 2.41. The fourth-order valence-electron chi connectivity index (χ4n) is 2.31. The van der Waals surface area contributed by atoms with E-state index in [1.165, 1.54) is 0 Å². The van der Waals surface area contributed by atoms with Gasteiger partial charge in [0.15, 0.2) is 0 Å². The van der Waals surface area contributed by atoms with E-state index in [1.54, 1.807) is 14.0 Å². The van der Waals surface area contributed by atoms with Crippen LogP contribution in [0, 0.1) is 5.92 Å². The molecule has 1 amide bonds. The summed E-state index contributed by atoms with van der Waals surface area (Å²) in [4.78, 5) is 23.3. The third-order valence-corrected chi connectivity index (χ3v) is 3.44. The molecular formula is C12H22N2O3. The summed E-state index contributed by atoms with van der Waals surface area (Å²) >= 11 is 0. The molecule has 0 aliphatic heterocycles. The first kappa shape index (κ1) is 14.0. The van der Waals surface area contributed by atoms with Gasteiger partial charge in [0.05, 0.1) is 0 Å². The molecule has 1 fully saturated rings. The summed E-state index contributed by atoms with van der Waals surface area (Å²) in [7, 11) is 1.78. The van der Waals surface area contributed by atoms with Gasteiger partial charge in [-0.15, -0.1) is 0 Å². The summed E-state index contributed by atoms with van der Waals surface area (Å²) in [5, 5.41) is 15.0. The fraction of sp³-hybridized carbons (Fsp3) is 0.833. The summed E-state index contributed by atoms with van der Waals surface area (Å²) < 4.78 is 0. The molecule has 1 atom stereocenters. The highest BCUT2D eigenvalue weighted by Crippen LogP contribution is 2.28. The lowest BCUT2D eigenvalue weighted by atomic mass is 9.81. The lowest BCUT2D eigenvalue weighted by Crippen LogP contribution is -2.57. The minimum absolute atomic E-state index is 0.177. The largest absolute Gasteiger partial charge is 0.480 e. The van der Waals surface area contributed by atoms with E-state index in [4.69, 9.17) is 0 Å². The molecule has 0 radical (unpaired) electrons. The summed E-state index contributed by atoms with van der Waals surface area (Å²) in [6, 6.07) is 0. The normalized spacial score (nSPS) is 20.6. The topological polar surface area (TPSA) is 78.4 Å². The Kier molecular flexibility index (Phi) is 4.93. The SMILES string of the molecule is CNCC(C)C(=O)NC1(C(=O)O)CCCCC1. The van der Waals surface area contributed by atoms with E-state index in [0.717, 1.165) is 19.3 Å². The maximum absolute atomic E-state index is 11.9. The smallest absolute Gasteiger partial charge is 0.329 e. The van der Waals surface area contributed by atoms with Crippen molar-refractivity contribution >= 4 is 11.9 Å². The Balaban J connectivity index is 2.66. The molecule has 5 nitrogen and oxygen atoms in total. The van der Waals surface area contributed by atoms with Crippen LogP contribution in [-0.4, -0.2) is 36.1 Å². The van der Waals surface area contributed by atoms with E-state index in [1.807, 2.05) is 0 Å². The van der Waals surface area contributed by atoms with Crippen molar-refractivity contribution in [2.75, 3.05) is 13.6 Å². The Morgan fingerprint density at radius 2 is 1.88 bits per heavy atom. The van der Waals surface area contributed by atoms with Gasteiger partial charge in [-0.3, -0.25) is 4.79 Å². The third kappa shape index (κ3) is 3.43. The highest BCUT2D eigenvalue weighted by molar-refractivity contribution is 5.88. The Labute approximate surface area is 102 Å². The summed E-state index contributed by atoms with van der Waals surface area (Å²) in [6.45, 7) is 2.35. The van der Waals surface area contributed by atoms with Gasteiger partial charge in [-0.25, -0.2) is 4.79 Å². The van der Waals surface area contributed by atoms with E-state index >= 15 is 0 Å². The second-order valence-electron chi connectivity index (χ2n) is 4.90. The van der Waals surface area contributed by atoms with Crippen molar-refractivity contribution in [3.8, 4) is 0 Å². The molecule has 0 aromatic carbocycles. The van der Waals surface area contributed by atoms with Gasteiger partial charge in [-0.05, 0) is 19.9 Å². The zero-order valence-corrected chi connectivity index (χ0v) is 10.6. The molecule has 1 unspecified atom stereocenters. The van der Waals surface area contributed by atoms with E-state index in [0.29, 0.717) is 19.4 Å². The monoisotopic (exact) mass is 242 g/mol. The zero-order chi connectivity index (χ0) is 12.9. The number of hydrogen-bond acceptors (Lipinski definition) is 3. The van der Waals surface area contributed by atoms with Gasteiger partial charge in [0.2, 0.25) is 5.91 Å². The molecule has 3 N–H and O–H groups in total. The van der Waals surface area contributed by atoms with Crippen molar-refractivity contribution in [2.45, 2.75) is 44.6 Å². The average molecular weight is 242 g/mol. The van der Waals surface area contributed by atoms with Gasteiger partial charge in [0.25, 0.3) is 0 Å². The van der Waals surface area contributed by atoms with Crippen LogP contribution in [-0.2, 0) is 9.59 Å². The van der Waals surface area contributed by atoms with Gasteiger partial charge in [-0.1, -0.05) is 26.2 Å². The van der Waals surface area contributed by atoms with Crippen molar-refractivity contribution < 1.29 is 14.7 Å². The lowest BCUT2D eigenvalue weighted by Gasteiger charge is -2.34. The molecule has 0 saturated heterocycles. The molecule has 0 heterocycles. The predicted molar refractivity (Wildman–Crippen MR) is 64.7 cm³/mol. The van der Waals surface area contributed by atoms with Gasteiger partial charge >= 0.3 is 5.97 Å². The van der Waals surface area contributed by atoms with Crippen molar-refractivity contribution in [2.24, 2.45) is 5.92 Å². The van der Waals surface area contributed by atoms with Crippen LogP contribution in [0.5, 0.6) is 0 Å². The summed E-state index contributed by atoms with van der Waals surface area (Å²) in [5.41, 5.74) is -1.03. The third-order valence-electron chi connectivity index (χ3n) is 3.44. The van der Waals surface area contributed by atoms with Crippen LogP contribution in [0.2, 0.25) is 0 Å². The molecule has 0 aromatic heterocycles. The number of amides is 1. The number of carbonyl (C=O) groups excluding carboxylic acids is 1. The van der Waals surface area contributed by atoms with Gasteiger partial charge in [0.1, 0.15) is 5.54 Å². The Bertz CT molecular complexity index is 285. The zero-order valence-electron chi connectivity index (χ0n) is 10.6. The Hall–Kier alpha value is -1.10. The van der Waals surface area contributed by atoms with Crippen molar-refractivity contribution in [1.29, 1.82) is 0 Å². The molecule has 0 spiro atoms. The first-order chi connectivity index (χ1) is 8.02. The van der Waals surface area contributed by atoms with E-state index < -0.39 is 11.5 Å². The number of aliphatic carboxylic acids is 1. The first-order valence-electron chi connectivity index (χ1n) is 6.22. The van der Waals surface area contributed by atoms with E-state index in [2.05, 4.69) is 10.6 Å². The second kappa shape index (κ2) is 6.00. The quantitative estimate of drug-likeness (QED) is 0.664. The van der Waals surface area contributed by atoms with Crippen LogP contribution in [0.4, 0.5) is 0 Å². The second-order valence-corrected chi connectivity index (χ2v) is 4.90. The predicted octanol–water partition coefficient (Wildman–Crippen LogP) is 0.746. The molecule has 1 aliphatic carbocycles. The minimum atomic E-state index is -1.03. The lowest BCUT2D eigenvalue weighted by molar-refractivity contribution is -0.149. The molecule has 0 aromatic rings. The number of carboxylic acid groups (broad SMARTS) is 1. The molecule has 1 aliphatic rings. The van der Waals surface area contributed by atoms with Crippen LogP contribution < -0.4 is 10.6 Å². The van der Waals surface area contributed by atoms with Crippen molar-refractivity contribution in [1.82, 2.24) is 10.6 Å². The van der Waals surface area contributed by atoms with Crippen LogP contribution >= 0.6 is 0 Å². The number of carbonyl (C=O) groups is 2. The van der Waals surface area contributed by atoms with Crippen LogP contribution in [0.25, 0.3) is 0 Å². The van der Waals surface area contributed by atoms with Gasteiger partial charge < -0.3 is 15.7 Å². The average Bonchev–Trinajstić information content (AvgIpc) is 2.30. The van der Waals surface area contributed by atoms with Crippen LogP contribution in [0.1, 0.15) is 39.0 Å². The van der Waals surface area contributed by atoms with Crippen LogP contribution in [0.3, 0.4) is 0 Å². The first-order valence-corrected chi connectivity index (χ1v) is 6.22. The molecule has 17 heavy (non-hydrogen) atoms. The van der Waals surface area contributed by atoms with E-state index in [-0.39, 0.29) is 11.8 Å². The van der Waals surface area contributed by atoms with Crippen molar-refractivity contribution in [3.05, 3.63) is 0 Å². The molecule has 1 rings (SSSR count). The molecule has 98 valence electrons. The molecule has 1 saturated carbocycles. The number of nitrogens with one attached hydrogen (secondary N) is 2. The fourth-order valence-corrected chi connectivity index (χ4v) is 2.31. The minimum Gasteiger partial charge on any atom is -0.480 e. The number of carboxylic acids is 1. The highest BCUT2D eigenvalue weighted by atomic mass is 16.4. The standard InChI is InChI=1S/C12H22N2O3/c1-9(8-13-2)10(15)14-12(11(16)17)6-4-3-5-7-12/h9,13H,3-8H2,1-2H3,(H,14,15)(H,16,17). The molecular weight excluding hydrogens is 220 g/mol.